The number of aryl methyl sites for hydroxylation is 2. The van der Waals surface area contributed by atoms with Gasteiger partial charge in [-0.05, 0) is 31.0 Å². The van der Waals surface area contributed by atoms with Crippen LogP contribution in [0.25, 0.3) is 0 Å². The van der Waals surface area contributed by atoms with Crippen molar-refractivity contribution in [2.45, 2.75) is 24.5 Å². The van der Waals surface area contributed by atoms with Crippen LogP contribution in [0, 0.1) is 19.3 Å². The maximum absolute atomic E-state index is 7.36. The van der Waals surface area contributed by atoms with Gasteiger partial charge < -0.3 is 5.73 Å². The molecule has 0 spiro atoms. The Balaban J connectivity index is 2.04. The summed E-state index contributed by atoms with van der Waals surface area (Å²) in [5.41, 5.74) is 10.1. The molecule has 0 atom stereocenters. The summed E-state index contributed by atoms with van der Waals surface area (Å²) >= 11 is 1.84. The van der Waals surface area contributed by atoms with E-state index in [9.17, 15) is 0 Å². The van der Waals surface area contributed by atoms with Gasteiger partial charge in [-0.1, -0.05) is 42.0 Å². The van der Waals surface area contributed by atoms with Crippen LogP contribution in [0.5, 0.6) is 0 Å². The average Bonchev–Trinajstić information content (AvgIpc) is 2.38. The Hall–Kier alpha value is -1.74. The molecule has 0 bridgehead atoms. The topological polar surface area (TPSA) is 49.9 Å². The van der Waals surface area contributed by atoms with Crippen molar-refractivity contribution in [2.75, 3.05) is 0 Å². The number of hydrogen-bond acceptors (Lipinski definition) is 2. The van der Waals surface area contributed by atoms with E-state index < -0.39 is 0 Å². The Morgan fingerprint density at radius 2 is 1.79 bits per heavy atom. The molecule has 3 N–H and O–H groups in total. The van der Waals surface area contributed by atoms with Gasteiger partial charge in [0.05, 0.1) is 0 Å². The lowest BCUT2D eigenvalue weighted by Crippen LogP contribution is -2.10. The van der Waals surface area contributed by atoms with E-state index in [1.807, 2.05) is 36.0 Å². The summed E-state index contributed by atoms with van der Waals surface area (Å²) in [5, 5.41) is 7.36. The highest BCUT2D eigenvalue weighted by molar-refractivity contribution is 7.98. The predicted molar refractivity (Wildman–Crippen MR) is 82.9 cm³/mol. The van der Waals surface area contributed by atoms with Gasteiger partial charge in [-0.25, -0.2) is 0 Å². The van der Waals surface area contributed by atoms with Crippen molar-refractivity contribution in [2.24, 2.45) is 5.73 Å². The molecule has 0 aliphatic heterocycles. The van der Waals surface area contributed by atoms with Crippen molar-refractivity contribution in [1.82, 2.24) is 0 Å². The van der Waals surface area contributed by atoms with Gasteiger partial charge in [0.2, 0.25) is 0 Å². The number of hydrogen-bond donors (Lipinski definition) is 2. The molecule has 0 fully saturated rings. The maximum atomic E-state index is 7.36. The fraction of sp³-hybridized carbons (Fsp3) is 0.188. The molecule has 3 heteroatoms. The number of rotatable bonds is 4. The van der Waals surface area contributed by atoms with Crippen LogP contribution in [0.15, 0.2) is 47.4 Å². The molecule has 2 aromatic carbocycles. The Labute approximate surface area is 118 Å². The van der Waals surface area contributed by atoms with Crippen molar-refractivity contribution in [3.63, 3.8) is 0 Å². The summed E-state index contributed by atoms with van der Waals surface area (Å²) in [4.78, 5) is 1.32. The lowest BCUT2D eigenvalue weighted by molar-refractivity contribution is 1.25. The van der Waals surface area contributed by atoms with Gasteiger partial charge in [-0.3, -0.25) is 5.41 Å². The first-order valence-corrected chi connectivity index (χ1v) is 7.18. The normalized spacial score (nSPS) is 10.4. The van der Waals surface area contributed by atoms with Crippen LogP contribution in [-0.4, -0.2) is 5.84 Å². The average molecular weight is 270 g/mol. The van der Waals surface area contributed by atoms with Crippen LogP contribution in [0.4, 0.5) is 0 Å². The zero-order valence-electron chi connectivity index (χ0n) is 11.2. The Morgan fingerprint density at radius 3 is 2.37 bits per heavy atom. The highest BCUT2D eigenvalue weighted by atomic mass is 32.2. The summed E-state index contributed by atoms with van der Waals surface area (Å²) in [6, 6.07) is 14.4. The van der Waals surface area contributed by atoms with Crippen molar-refractivity contribution in [1.29, 1.82) is 5.41 Å². The third-order valence-electron chi connectivity index (χ3n) is 2.99. The quantitative estimate of drug-likeness (QED) is 0.503. The Morgan fingerprint density at radius 1 is 1.11 bits per heavy atom. The molecule has 98 valence electrons. The predicted octanol–water partition coefficient (Wildman–Crippen LogP) is 3.88. The molecule has 19 heavy (non-hydrogen) atoms. The second-order valence-electron chi connectivity index (χ2n) is 4.67. The number of amidine groups is 1. The molecule has 0 amide bonds. The first-order chi connectivity index (χ1) is 9.06. The number of thioether (sulfide) groups is 1. The molecule has 0 aliphatic carbocycles. The van der Waals surface area contributed by atoms with Gasteiger partial charge >= 0.3 is 0 Å². The Bertz CT molecular complexity index is 588. The molecule has 0 heterocycles. The molecule has 0 radical (unpaired) electrons. The van der Waals surface area contributed by atoms with Gasteiger partial charge in [0.1, 0.15) is 5.84 Å². The van der Waals surface area contributed by atoms with E-state index in [1.54, 1.807) is 0 Å². The standard InChI is InChI=1S/C16H18N2S/c1-11-3-8-15(12(2)9-11)19-10-13-4-6-14(7-5-13)16(17)18/h3-9H,10H2,1-2H3,(H3,17,18). The molecular weight excluding hydrogens is 252 g/mol. The first kappa shape index (κ1) is 13.7. The van der Waals surface area contributed by atoms with Crippen LogP contribution < -0.4 is 5.73 Å². The number of nitrogens with two attached hydrogens (primary N) is 1. The largest absolute Gasteiger partial charge is 0.384 e. The third-order valence-corrected chi connectivity index (χ3v) is 4.24. The second kappa shape index (κ2) is 5.93. The lowest BCUT2D eigenvalue weighted by Gasteiger charge is -2.07. The highest BCUT2D eigenvalue weighted by Gasteiger charge is 2.01. The lowest BCUT2D eigenvalue weighted by atomic mass is 10.1. The van der Waals surface area contributed by atoms with Crippen molar-refractivity contribution < 1.29 is 0 Å². The number of nitrogens with one attached hydrogen (secondary N) is 1. The minimum atomic E-state index is 0.119. The van der Waals surface area contributed by atoms with Gasteiger partial charge in [0, 0.05) is 16.2 Å². The van der Waals surface area contributed by atoms with Crippen LogP contribution in [-0.2, 0) is 5.75 Å². The third kappa shape index (κ3) is 3.61. The molecule has 2 aromatic rings. The molecule has 0 saturated heterocycles. The minimum Gasteiger partial charge on any atom is -0.384 e. The Kier molecular flexibility index (Phi) is 4.27. The molecule has 0 unspecified atom stereocenters. The van der Waals surface area contributed by atoms with Gasteiger partial charge in [-0.2, -0.15) is 0 Å². The second-order valence-corrected chi connectivity index (χ2v) is 5.69. The molecule has 2 rings (SSSR count). The van der Waals surface area contributed by atoms with Gasteiger partial charge in [-0.15, -0.1) is 11.8 Å². The summed E-state index contributed by atoms with van der Waals surface area (Å²) in [7, 11) is 0. The SMILES string of the molecule is Cc1ccc(SCc2ccc(C(=N)N)cc2)c(C)c1. The monoisotopic (exact) mass is 270 g/mol. The van der Waals surface area contributed by atoms with E-state index in [-0.39, 0.29) is 5.84 Å². The zero-order valence-corrected chi connectivity index (χ0v) is 12.1. The molecule has 0 saturated carbocycles. The fourth-order valence-corrected chi connectivity index (χ4v) is 2.87. The number of benzene rings is 2. The van der Waals surface area contributed by atoms with E-state index >= 15 is 0 Å². The molecule has 0 aromatic heterocycles. The van der Waals surface area contributed by atoms with Gasteiger partial charge in [0.15, 0.2) is 0 Å². The van der Waals surface area contributed by atoms with E-state index in [0.717, 1.165) is 11.3 Å². The molecule has 0 aliphatic rings. The summed E-state index contributed by atoms with van der Waals surface area (Å²) < 4.78 is 0. The summed E-state index contributed by atoms with van der Waals surface area (Å²) in [6.45, 7) is 4.26. The van der Waals surface area contributed by atoms with E-state index in [4.69, 9.17) is 11.1 Å². The highest BCUT2D eigenvalue weighted by Crippen LogP contribution is 2.26. The first-order valence-electron chi connectivity index (χ1n) is 6.19. The smallest absolute Gasteiger partial charge is 0.122 e. The zero-order chi connectivity index (χ0) is 13.8. The van der Waals surface area contributed by atoms with Crippen molar-refractivity contribution in [3.05, 3.63) is 64.7 Å². The van der Waals surface area contributed by atoms with Crippen LogP contribution in [0.3, 0.4) is 0 Å². The molecular formula is C16H18N2S. The van der Waals surface area contributed by atoms with E-state index in [1.165, 1.54) is 21.6 Å². The van der Waals surface area contributed by atoms with Gasteiger partial charge in [0.25, 0.3) is 0 Å². The van der Waals surface area contributed by atoms with Crippen LogP contribution in [0.1, 0.15) is 22.3 Å². The summed E-state index contributed by atoms with van der Waals surface area (Å²) in [5.74, 6) is 1.05. The molecule has 2 nitrogen and oxygen atoms in total. The van der Waals surface area contributed by atoms with E-state index in [0.29, 0.717) is 0 Å². The van der Waals surface area contributed by atoms with Crippen molar-refractivity contribution >= 4 is 17.6 Å². The van der Waals surface area contributed by atoms with E-state index in [2.05, 4.69) is 32.0 Å². The fourth-order valence-electron chi connectivity index (χ4n) is 1.90. The van der Waals surface area contributed by atoms with Crippen LogP contribution in [0.2, 0.25) is 0 Å². The maximum Gasteiger partial charge on any atom is 0.122 e. The number of nitrogen functional groups attached to an aromatic ring is 1. The summed E-state index contributed by atoms with van der Waals surface area (Å²) in [6.07, 6.45) is 0. The van der Waals surface area contributed by atoms with Crippen molar-refractivity contribution in [3.8, 4) is 0 Å². The minimum absolute atomic E-state index is 0.119. The van der Waals surface area contributed by atoms with Crippen LogP contribution >= 0.6 is 11.8 Å².